The van der Waals surface area contributed by atoms with Gasteiger partial charge in [-0.1, -0.05) is 17.8 Å². The van der Waals surface area contributed by atoms with E-state index in [4.69, 9.17) is 10.5 Å². The maximum atomic E-state index is 14.2. The van der Waals surface area contributed by atoms with Crippen LogP contribution in [0, 0.1) is 5.82 Å². The van der Waals surface area contributed by atoms with Crippen LogP contribution < -0.4 is 5.73 Å². The zero-order chi connectivity index (χ0) is 16.4. The minimum atomic E-state index is -0.446. The molecule has 1 aromatic carbocycles. The Kier molecular flexibility index (Phi) is 4.49. The summed E-state index contributed by atoms with van der Waals surface area (Å²) in [5.41, 5.74) is 6.08. The average Bonchev–Trinajstić information content (AvgIpc) is 3.10. The number of thiophene rings is 1. The Balaban J connectivity index is 2.00. The number of H-pyrrole nitrogens is 1. The van der Waals surface area contributed by atoms with E-state index in [0.717, 1.165) is 0 Å². The number of benzene rings is 1. The van der Waals surface area contributed by atoms with Gasteiger partial charge in [-0.05, 0) is 24.6 Å². The minimum absolute atomic E-state index is 0.208. The van der Waals surface area contributed by atoms with E-state index in [1.807, 2.05) is 0 Å². The molecule has 120 valence electrons. The summed E-state index contributed by atoms with van der Waals surface area (Å²) in [5.74, 6) is -0.260. The number of ether oxygens (including phenoxy) is 1. The van der Waals surface area contributed by atoms with E-state index < -0.39 is 5.97 Å². The molecule has 9 heteroatoms. The van der Waals surface area contributed by atoms with Gasteiger partial charge in [0.15, 0.2) is 0 Å². The first-order chi connectivity index (χ1) is 11.1. The zero-order valence-corrected chi connectivity index (χ0v) is 13.8. The number of aromatic amines is 1. The molecule has 6 nitrogen and oxygen atoms in total. The average molecular weight is 352 g/mol. The minimum Gasteiger partial charge on any atom is -0.462 e. The van der Waals surface area contributed by atoms with Gasteiger partial charge in [-0.3, -0.25) is 0 Å². The Morgan fingerprint density at radius 2 is 2.35 bits per heavy atom. The van der Waals surface area contributed by atoms with Gasteiger partial charge in [-0.15, -0.1) is 16.4 Å². The fourth-order valence-corrected chi connectivity index (χ4v) is 4.18. The summed E-state index contributed by atoms with van der Waals surface area (Å²) in [6, 6.07) is 4.78. The summed E-state index contributed by atoms with van der Waals surface area (Å²) < 4.78 is 20.0. The molecule has 3 rings (SSSR count). The Bertz CT molecular complexity index is 862. The summed E-state index contributed by atoms with van der Waals surface area (Å²) in [4.78, 5) is 16.6. The van der Waals surface area contributed by atoms with Gasteiger partial charge in [-0.25, -0.2) is 14.3 Å². The molecule has 3 N–H and O–H groups in total. The highest BCUT2D eigenvalue weighted by Crippen LogP contribution is 2.37. The van der Waals surface area contributed by atoms with Crippen LogP contribution in [0.4, 0.5) is 10.3 Å². The number of anilines is 1. The van der Waals surface area contributed by atoms with Crippen LogP contribution in [0.15, 0.2) is 23.4 Å². The lowest BCUT2D eigenvalue weighted by atomic mass is 10.1. The van der Waals surface area contributed by atoms with Gasteiger partial charge >= 0.3 is 5.97 Å². The number of nitrogens with one attached hydrogen (secondary N) is 1. The fourth-order valence-electron chi connectivity index (χ4n) is 2.13. The smallest absolute Gasteiger partial charge is 0.348 e. The maximum Gasteiger partial charge on any atom is 0.348 e. The summed E-state index contributed by atoms with van der Waals surface area (Å²) in [6.45, 7) is 2.00. The zero-order valence-electron chi connectivity index (χ0n) is 12.1. The first-order valence-electron chi connectivity index (χ1n) is 6.77. The molecular weight excluding hydrogens is 339 g/mol. The number of nitrogens with two attached hydrogens (primary N) is 1. The van der Waals surface area contributed by atoms with Crippen molar-refractivity contribution < 1.29 is 13.9 Å². The van der Waals surface area contributed by atoms with Crippen molar-refractivity contribution in [2.45, 2.75) is 17.8 Å². The summed E-state index contributed by atoms with van der Waals surface area (Å²) in [6.07, 6.45) is 0. The first-order valence-corrected chi connectivity index (χ1v) is 8.58. The van der Waals surface area contributed by atoms with Crippen LogP contribution >= 0.6 is 23.1 Å². The lowest BCUT2D eigenvalue weighted by molar-refractivity contribution is 0.0531. The van der Waals surface area contributed by atoms with Crippen molar-refractivity contribution >= 4 is 45.1 Å². The fraction of sp³-hybridized carbons (Fsp3) is 0.214. The number of thioether (sulfide) groups is 1. The van der Waals surface area contributed by atoms with Crippen molar-refractivity contribution in [3.63, 3.8) is 0 Å². The van der Waals surface area contributed by atoms with Crippen LogP contribution in [-0.2, 0) is 10.5 Å². The number of rotatable bonds is 5. The van der Waals surface area contributed by atoms with Crippen LogP contribution in [0.5, 0.6) is 0 Å². The number of nitrogens with zero attached hydrogens (tertiary/aromatic N) is 2. The maximum absolute atomic E-state index is 14.2. The second kappa shape index (κ2) is 6.55. The van der Waals surface area contributed by atoms with Crippen LogP contribution in [0.3, 0.4) is 0 Å². The standard InChI is InChI=1S/C14H13FN4O2S2/c1-2-21-12(20)11-7(6-22-14-17-13(16)18-19-14)10-8(15)4-3-5-9(10)23-11/h3-5H,2,6H2,1H3,(H3,16,17,18,19). The van der Waals surface area contributed by atoms with Crippen molar-refractivity contribution in [2.75, 3.05) is 12.3 Å². The number of carbonyl (C=O) groups excluding carboxylic acids is 1. The van der Waals surface area contributed by atoms with Gasteiger partial charge in [0.2, 0.25) is 11.1 Å². The van der Waals surface area contributed by atoms with Crippen LogP contribution in [0.1, 0.15) is 22.2 Å². The second-order valence-electron chi connectivity index (χ2n) is 4.54. The summed E-state index contributed by atoms with van der Waals surface area (Å²) in [7, 11) is 0. The molecule has 2 aromatic heterocycles. The van der Waals surface area contributed by atoms with Crippen molar-refractivity contribution in [2.24, 2.45) is 0 Å². The van der Waals surface area contributed by atoms with Crippen molar-refractivity contribution in [3.8, 4) is 0 Å². The van der Waals surface area contributed by atoms with E-state index in [-0.39, 0.29) is 18.4 Å². The number of esters is 1. The molecule has 3 aromatic rings. The third-order valence-corrected chi connectivity index (χ3v) is 5.10. The molecule has 0 saturated carbocycles. The Morgan fingerprint density at radius 1 is 1.52 bits per heavy atom. The Hall–Kier alpha value is -2.13. The largest absolute Gasteiger partial charge is 0.462 e. The number of carbonyl (C=O) groups is 1. The van der Waals surface area contributed by atoms with E-state index in [1.54, 1.807) is 19.1 Å². The number of aromatic nitrogens is 3. The highest BCUT2D eigenvalue weighted by Gasteiger charge is 2.22. The van der Waals surface area contributed by atoms with E-state index in [9.17, 15) is 9.18 Å². The summed E-state index contributed by atoms with van der Waals surface area (Å²) in [5, 5.41) is 7.34. The molecule has 0 amide bonds. The predicted molar refractivity (Wildman–Crippen MR) is 88.1 cm³/mol. The molecule has 0 fully saturated rings. The predicted octanol–water partition coefficient (Wildman–Crippen LogP) is 3.21. The molecule has 0 bridgehead atoms. The number of nitrogen functional groups attached to an aromatic ring is 1. The molecule has 23 heavy (non-hydrogen) atoms. The molecule has 0 aliphatic rings. The van der Waals surface area contributed by atoms with Crippen LogP contribution in [0.2, 0.25) is 0 Å². The molecule has 0 saturated heterocycles. The molecular formula is C14H13FN4O2S2. The van der Waals surface area contributed by atoms with Crippen molar-refractivity contribution in [1.82, 2.24) is 15.2 Å². The Labute approximate surface area is 139 Å². The Morgan fingerprint density at radius 3 is 3.04 bits per heavy atom. The molecule has 0 unspecified atom stereocenters. The monoisotopic (exact) mass is 352 g/mol. The van der Waals surface area contributed by atoms with Crippen LogP contribution in [-0.4, -0.2) is 27.8 Å². The third-order valence-electron chi connectivity index (χ3n) is 3.05. The van der Waals surface area contributed by atoms with Gasteiger partial charge in [0.25, 0.3) is 0 Å². The molecule has 0 spiro atoms. The van der Waals surface area contributed by atoms with Gasteiger partial charge < -0.3 is 10.5 Å². The van der Waals surface area contributed by atoms with Gasteiger partial charge in [-0.2, -0.15) is 4.98 Å². The number of fused-ring (bicyclic) bond motifs is 1. The SMILES string of the molecule is CCOC(=O)c1sc2cccc(F)c2c1CSc1n[nH]c(N)n1. The molecule has 0 atom stereocenters. The van der Waals surface area contributed by atoms with E-state index in [0.29, 0.717) is 31.4 Å². The van der Waals surface area contributed by atoms with Crippen LogP contribution in [0.25, 0.3) is 10.1 Å². The molecule has 2 heterocycles. The van der Waals surface area contributed by atoms with Crippen molar-refractivity contribution in [3.05, 3.63) is 34.5 Å². The number of halogens is 1. The highest BCUT2D eigenvalue weighted by molar-refractivity contribution is 7.98. The highest BCUT2D eigenvalue weighted by atomic mass is 32.2. The molecule has 0 aliphatic heterocycles. The lowest BCUT2D eigenvalue weighted by Gasteiger charge is -2.03. The molecule has 0 aliphatic carbocycles. The first kappa shape index (κ1) is 15.8. The third kappa shape index (κ3) is 3.15. The van der Waals surface area contributed by atoms with E-state index in [1.165, 1.54) is 29.2 Å². The summed E-state index contributed by atoms with van der Waals surface area (Å²) >= 11 is 2.50. The number of hydrogen-bond acceptors (Lipinski definition) is 7. The lowest BCUT2D eigenvalue weighted by Crippen LogP contribution is -2.05. The number of hydrogen-bond donors (Lipinski definition) is 2. The quantitative estimate of drug-likeness (QED) is 0.541. The second-order valence-corrected chi connectivity index (χ2v) is 6.53. The van der Waals surface area contributed by atoms with Gasteiger partial charge in [0.1, 0.15) is 10.7 Å². The normalized spacial score (nSPS) is 11.0. The van der Waals surface area contributed by atoms with E-state index >= 15 is 0 Å². The van der Waals surface area contributed by atoms with Crippen molar-refractivity contribution in [1.29, 1.82) is 0 Å². The molecule has 0 radical (unpaired) electrons. The van der Waals surface area contributed by atoms with Gasteiger partial charge in [0, 0.05) is 15.8 Å². The van der Waals surface area contributed by atoms with Gasteiger partial charge in [0.05, 0.1) is 6.61 Å². The topological polar surface area (TPSA) is 93.9 Å². The van der Waals surface area contributed by atoms with E-state index in [2.05, 4.69) is 15.2 Å².